The molecule has 1 atom stereocenters. The molecule has 8 heteroatoms. The second-order valence-corrected chi connectivity index (χ2v) is 8.30. The van der Waals surface area contributed by atoms with Crippen molar-refractivity contribution in [3.05, 3.63) is 41.7 Å². The van der Waals surface area contributed by atoms with Gasteiger partial charge in [0.25, 0.3) is 5.91 Å². The quantitative estimate of drug-likeness (QED) is 0.821. The lowest BCUT2D eigenvalue weighted by atomic mass is 9.70. The molecule has 1 spiro atoms. The summed E-state index contributed by atoms with van der Waals surface area (Å²) in [5.74, 6) is 1.74. The number of hydrogen-bond acceptors (Lipinski definition) is 7. The molecule has 0 bridgehead atoms. The predicted molar refractivity (Wildman–Crippen MR) is 107 cm³/mol. The van der Waals surface area contributed by atoms with Gasteiger partial charge in [-0.3, -0.25) is 4.79 Å². The number of hydrogen-bond donors (Lipinski definition) is 1. The fourth-order valence-electron chi connectivity index (χ4n) is 4.92. The third-order valence-corrected chi connectivity index (χ3v) is 6.17. The summed E-state index contributed by atoms with van der Waals surface area (Å²) in [5.41, 5.74) is 7.34. The third-order valence-electron chi connectivity index (χ3n) is 6.17. The highest BCUT2D eigenvalue weighted by Gasteiger charge is 2.55. The van der Waals surface area contributed by atoms with Crippen LogP contribution < -0.4 is 15.2 Å². The molecule has 1 unspecified atom stereocenters. The highest BCUT2D eigenvalue weighted by molar-refractivity contribution is 5.98. The van der Waals surface area contributed by atoms with E-state index in [2.05, 4.69) is 21.9 Å². The number of benzene rings is 1. The van der Waals surface area contributed by atoms with Crippen LogP contribution in [0.5, 0.6) is 11.5 Å². The first-order valence-electron chi connectivity index (χ1n) is 10.0. The van der Waals surface area contributed by atoms with Crippen molar-refractivity contribution in [1.29, 1.82) is 0 Å². The summed E-state index contributed by atoms with van der Waals surface area (Å²) >= 11 is 0. The van der Waals surface area contributed by atoms with Crippen LogP contribution >= 0.6 is 0 Å². The Hall–Kier alpha value is -2.87. The topological polar surface area (TPSA) is 93.8 Å². The fraction of sp³-hybridized carbons (Fsp3) is 0.476. The third kappa shape index (κ3) is 3.07. The maximum absolute atomic E-state index is 13.3. The number of carbonyl (C=O) groups excluding carboxylic acids is 1. The Balaban J connectivity index is 1.38. The number of likely N-dealkylation sites (tertiary alicyclic amines) is 2. The molecule has 4 heterocycles. The molecule has 152 valence electrons. The van der Waals surface area contributed by atoms with Crippen LogP contribution in [-0.2, 0) is 0 Å². The van der Waals surface area contributed by atoms with Gasteiger partial charge in [0.2, 0.25) is 5.95 Å². The highest BCUT2D eigenvalue weighted by Crippen LogP contribution is 2.49. The van der Waals surface area contributed by atoms with E-state index in [4.69, 9.17) is 15.2 Å². The molecule has 0 radical (unpaired) electrons. The highest BCUT2D eigenvalue weighted by atomic mass is 16.5. The van der Waals surface area contributed by atoms with E-state index in [0.29, 0.717) is 49.3 Å². The van der Waals surface area contributed by atoms with Crippen LogP contribution in [0.2, 0.25) is 0 Å². The van der Waals surface area contributed by atoms with Crippen molar-refractivity contribution in [2.45, 2.75) is 12.3 Å². The van der Waals surface area contributed by atoms with Crippen molar-refractivity contribution in [2.24, 2.45) is 5.41 Å². The van der Waals surface area contributed by atoms with Crippen LogP contribution in [-0.4, -0.2) is 72.1 Å². The smallest absolute Gasteiger partial charge is 0.257 e. The number of nitrogen functional groups attached to an aromatic ring is 1. The number of likely N-dealkylation sites (N-methyl/N-ethyl adjacent to an activating group) is 1. The molecule has 2 fully saturated rings. The monoisotopic (exact) mass is 395 g/mol. The number of rotatable bonds is 2. The molecule has 2 saturated heterocycles. The van der Waals surface area contributed by atoms with E-state index in [9.17, 15) is 4.79 Å². The second-order valence-electron chi connectivity index (χ2n) is 8.30. The minimum absolute atomic E-state index is 0.00566. The molecule has 3 aliphatic heterocycles. The fourth-order valence-corrected chi connectivity index (χ4v) is 4.92. The summed E-state index contributed by atoms with van der Waals surface area (Å²) in [4.78, 5) is 25.9. The summed E-state index contributed by atoms with van der Waals surface area (Å²) < 4.78 is 11.6. The van der Waals surface area contributed by atoms with E-state index in [1.807, 2.05) is 29.2 Å². The summed E-state index contributed by atoms with van der Waals surface area (Å²) in [6, 6.07) is 7.47. The van der Waals surface area contributed by atoms with Crippen LogP contribution in [0.3, 0.4) is 0 Å². The molecule has 3 aliphatic rings. The van der Waals surface area contributed by atoms with Gasteiger partial charge in [0.1, 0.15) is 0 Å². The number of nitrogens with zero attached hydrogens (tertiary/aromatic N) is 4. The number of nitrogens with two attached hydrogens (primary N) is 1. The standard InChI is InChI=1S/C21H25N5O3/c1-25-10-15(16-6-7-23-20(22)24-16)21(11-25)12-26(13-21)19(27)14-4-2-5-17-18(14)29-9-3-8-28-17/h2,4-7,15H,3,8-13H2,1H3,(H2,22,23,24). The Labute approximate surface area is 169 Å². The maximum atomic E-state index is 13.3. The van der Waals surface area contributed by atoms with Gasteiger partial charge in [-0.1, -0.05) is 6.07 Å². The Morgan fingerprint density at radius 3 is 2.86 bits per heavy atom. The van der Waals surface area contributed by atoms with E-state index >= 15 is 0 Å². The zero-order valence-corrected chi connectivity index (χ0v) is 16.5. The number of carbonyl (C=O) groups is 1. The van der Waals surface area contributed by atoms with Crippen molar-refractivity contribution in [3.8, 4) is 11.5 Å². The lowest BCUT2D eigenvalue weighted by Gasteiger charge is -2.51. The average Bonchev–Trinajstić information content (AvgIpc) is 2.87. The van der Waals surface area contributed by atoms with E-state index < -0.39 is 0 Å². The molecule has 0 saturated carbocycles. The molecule has 1 amide bonds. The lowest BCUT2D eigenvalue weighted by molar-refractivity contribution is 0.00328. The van der Waals surface area contributed by atoms with Gasteiger partial charge in [-0.15, -0.1) is 0 Å². The van der Waals surface area contributed by atoms with Gasteiger partial charge in [0.05, 0.1) is 24.5 Å². The number of anilines is 1. The normalized spacial score (nSPS) is 22.9. The molecule has 8 nitrogen and oxygen atoms in total. The number of fused-ring (bicyclic) bond motifs is 1. The van der Waals surface area contributed by atoms with Gasteiger partial charge in [0, 0.05) is 50.1 Å². The van der Waals surface area contributed by atoms with Gasteiger partial charge in [0.15, 0.2) is 11.5 Å². The number of amides is 1. The van der Waals surface area contributed by atoms with E-state index in [1.165, 1.54) is 0 Å². The van der Waals surface area contributed by atoms with Crippen molar-refractivity contribution in [2.75, 3.05) is 52.2 Å². The van der Waals surface area contributed by atoms with Gasteiger partial charge in [-0.05, 0) is 25.2 Å². The first-order chi connectivity index (χ1) is 14.1. The molecule has 2 aromatic rings. The van der Waals surface area contributed by atoms with Crippen molar-refractivity contribution in [1.82, 2.24) is 19.8 Å². The Kier molecular flexibility index (Phi) is 4.31. The first kappa shape index (κ1) is 18.2. The minimum atomic E-state index is -0.00604. The SMILES string of the molecule is CN1CC(c2ccnc(N)n2)C2(C1)CN(C(=O)c1cccc3c1OCCCO3)C2. The maximum Gasteiger partial charge on any atom is 0.257 e. The molecular formula is C21H25N5O3. The first-order valence-corrected chi connectivity index (χ1v) is 10.0. The molecule has 1 aromatic carbocycles. The molecule has 29 heavy (non-hydrogen) atoms. The lowest BCUT2D eigenvalue weighted by Crippen LogP contribution is -2.61. The van der Waals surface area contributed by atoms with E-state index in [1.54, 1.807) is 6.20 Å². The van der Waals surface area contributed by atoms with Crippen molar-refractivity contribution >= 4 is 11.9 Å². The number of ether oxygens (including phenoxy) is 2. The summed E-state index contributed by atoms with van der Waals surface area (Å²) in [6.45, 7) is 4.37. The number of para-hydroxylation sites is 1. The summed E-state index contributed by atoms with van der Waals surface area (Å²) in [5, 5.41) is 0. The molecule has 0 aliphatic carbocycles. The summed E-state index contributed by atoms with van der Waals surface area (Å²) in [6.07, 6.45) is 2.52. The Morgan fingerprint density at radius 2 is 2.03 bits per heavy atom. The van der Waals surface area contributed by atoms with Crippen LogP contribution in [0.15, 0.2) is 30.5 Å². The largest absolute Gasteiger partial charge is 0.490 e. The Bertz CT molecular complexity index is 944. The van der Waals surface area contributed by atoms with Gasteiger partial charge < -0.3 is 25.0 Å². The van der Waals surface area contributed by atoms with Crippen molar-refractivity contribution in [3.63, 3.8) is 0 Å². The zero-order chi connectivity index (χ0) is 20.0. The van der Waals surface area contributed by atoms with Gasteiger partial charge >= 0.3 is 0 Å². The summed E-state index contributed by atoms with van der Waals surface area (Å²) in [7, 11) is 2.11. The zero-order valence-electron chi connectivity index (χ0n) is 16.5. The minimum Gasteiger partial charge on any atom is -0.490 e. The predicted octanol–water partition coefficient (Wildman–Crippen LogP) is 1.39. The van der Waals surface area contributed by atoms with Gasteiger partial charge in [-0.2, -0.15) is 0 Å². The second kappa shape index (κ2) is 6.88. The average molecular weight is 395 g/mol. The van der Waals surface area contributed by atoms with E-state index in [-0.39, 0.29) is 17.2 Å². The Morgan fingerprint density at radius 1 is 1.21 bits per heavy atom. The molecule has 5 rings (SSSR count). The van der Waals surface area contributed by atoms with Crippen LogP contribution in [0.1, 0.15) is 28.4 Å². The van der Waals surface area contributed by atoms with Crippen LogP contribution in [0.4, 0.5) is 5.95 Å². The van der Waals surface area contributed by atoms with E-state index in [0.717, 1.165) is 25.2 Å². The van der Waals surface area contributed by atoms with Crippen LogP contribution in [0, 0.1) is 5.41 Å². The molecular weight excluding hydrogens is 370 g/mol. The van der Waals surface area contributed by atoms with Crippen molar-refractivity contribution < 1.29 is 14.3 Å². The molecule has 1 aromatic heterocycles. The number of aromatic nitrogens is 2. The molecule has 2 N–H and O–H groups in total. The van der Waals surface area contributed by atoms with Gasteiger partial charge in [-0.25, -0.2) is 9.97 Å². The van der Waals surface area contributed by atoms with Crippen LogP contribution in [0.25, 0.3) is 0 Å².